The van der Waals surface area contributed by atoms with Gasteiger partial charge in [-0.3, -0.25) is 0 Å². The summed E-state index contributed by atoms with van der Waals surface area (Å²) in [6.45, 7) is 0. The number of hydrogen-bond acceptors (Lipinski definition) is 4. The van der Waals surface area contributed by atoms with Crippen LogP contribution in [0.3, 0.4) is 0 Å². The second-order valence-electron chi connectivity index (χ2n) is 6.49. The van der Waals surface area contributed by atoms with E-state index in [2.05, 4.69) is 96.4 Å². The van der Waals surface area contributed by atoms with Gasteiger partial charge in [-0.05, 0) is 79.7 Å². The van der Waals surface area contributed by atoms with Crippen molar-refractivity contribution in [3.63, 3.8) is 0 Å². The third-order valence-corrected chi connectivity index (χ3v) is 7.40. The molecule has 0 saturated heterocycles. The van der Waals surface area contributed by atoms with E-state index in [1.165, 1.54) is 0 Å². The molecule has 4 aromatic rings. The standard InChI is InChI=1S/C22H12Br6N2O2/c23-16-11-13-9-10-14(31-19-7-3-1-5-17(19)29(25)26)12-15(13)21(24)22(16)32-20-8-4-2-6-18(20)30(27)28/h1-12H. The molecule has 0 spiro atoms. The maximum absolute atomic E-state index is 6.29. The predicted molar refractivity (Wildman–Crippen MR) is 153 cm³/mol. The summed E-state index contributed by atoms with van der Waals surface area (Å²) < 4.78 is 17.4. The number of hydrogen-bond donors (Lipinski definition) is 0. The summed E-state index contributed by atoms with van der Waals surface area (Å²) in [6.07, 6.45) is 0. The number of para-hydroxylation sites is 4. The summed E-state index contributed by atoms with van der Waals surface area (Å²) in [4.78, 5) is 0. The van der Waals surface area contributed by atoms with Gasteiger partial charge in [0.25, 0.3) is 0 Å². The molecular weight excluding hydrogens is 804 g/mol. The Bertz CT molecular complexity index is 1280. The van der Waals surface area contributed by atoms with Gasteiger partial charge in [-0.15, -0.1) is 0 Å². The van der Waals surface area contributed by atoms with Crippen molar-refractivity contribution < 1.29 is 9.47 Å². The molecule has 0 heterocycles. The van der Waals surface area contributed by atoms with Crippen LogP contribution in [0.25, 0.3) is 10.8 Å². The van der Waals surface area contributed by atoms with Gasteiger partial charge < -0.3 is 9.47 Å². The highest BCUT2D eigenvalue weighted by atomic mass is 79.9. The Labute approximate surface area is 236 Å². The SMILES string of the molecule is Brc1cc2ccc(Oc3ccccc3N(Br)Br)cc2c(Br)c1Oc1ccccc1N(Br)Br. The Balaban J connectivity index is 1.75. The van der Waals surface area contributed by atoms with E-state index in [9.17, 15) is 0 Å². The van der Waals surface area contributed by atoms with Gasteiger partial charge in [-0.2, -0.15) is 0 Å². The van der Waals surface area contributed by atoms with Crippen molar-refractivity contribution in [2.45, 2.75) is 0 Å². The topological polar surface area (TPSA) is 24.9 Å². The van der Waals surface area contributed by atoms with Crippen molar-refractivity contribution in [3.8, 4) is 23.0 Å². The van der Waals surface area contributed by atoms with Gasteiger partial charge in [-0.25, -0.2) is 5.90 Å². The molecule has 0 aliphatic carbocycles. The minimum atomic E-state index is 0.663. The fourth-order valence-corrected chi connectivity index (χ4v) is 5.64. The smallest absolute Gasteiger partial charge is 0.156 e. The van der Waals surface area contributed by atoms with Gasteiger partial charge in [0.05, 0.1) is 73.5 Å². The van der Waals surface area contributed by atoms with E-state index in [0.29, 0.717) is 23.0 Å². The van der Waals surface area contributed by atoms with Crippen molar-refractivity contribution in [1.82, 2.24) is 0 Å². The molecule has 32 heavy (non-hydrogen) atoms. The van der Waals surface area contributed by atoms with Gasteiger partial charge in [0.1, 0.15) is 17.1 Å². The fourth-order valence-electron chi connectivity index (χ4n) is 3.04. The Hall–Kier alpha value is -0.780. The second kappa shape index (κ2) is 10.7. The second-order valence-corrected chi connectivity index (χ2v) is 12.9. The van der Waals surface area contributed by atoms with Crippen LogP contribution in [0.4, 0.5) is 11.4 Å². The van der Waals surface area contributed by atoms with Crippen LogP contribution in [-0.4, -0.2) is 0 Å². The van der Waals surface area contributed by atoms with Gasteiger partial charge in [0, 0.05) is 5.39 Å². The minimum Gasteiger partial charge on any atom is -0.455 e. The van der Waals surface area contributed by atoms with Crippen LogP contribution in [0.15, 0.2) is 81.7 Å². The zero-order chi connectivity index (χ0) is 22.8. The average Bonchev–Trinajstić information content (AvgIpc) is 2.77. The molecule has 0 aromatic heterocycles. The Morgan fingerprint density at radius 3 is 1.78 bits per heavy atom. The first-order chi connectivity index (χ1) is 15.3. The molecule has 0 aliphatic heterocycles. The van der Waals surface area contributed by atoms with Crippen LogP contribution < -0.4 is 15.4 Å². The average molecular weight is 816 g/mol. The van der Waals surface area contributed by atoms with Crippen molar-refractivity contribution in [2.24, 2.45) is 0 Å². The molecule has 0 amide bonds. The summed E-state index contributed by atoms with van der Waals surface area (Å²) >= 11 is 21.0. The normalized spacial score (nSPS) is 10.8. The minimum absolute atomic E-state index is 0.663. The molecule has 164 valence electrons. The number of nitrogens with zero attached hydrogens (tertiary/aromatic N) is 2. The number of benzene rings is 4. The zero-order valence-electron chi connectivity index (χ0n) is 15.9. The Kier molecular flexibility index (Phi) is 8.10. The largest absolute Gasteiger partial charge is 0.455 e. The van der Waals surface area contributed by atoms with E-state index in [4.69, 9.17) is 9.47 Å². The molecule has 0 bridgehead atoms. The maximum atomic E-state index is 6.29. The lowest BCUT2D eigenvalue weighted by Crippen LogP contribution is -1.96. The molecule has 0 N–H and O–H groups in total. The van der Waals surface area contributed by atoms with Crippen molar-refractivity contribution in [2.75, 3.05) is 5.90 Å². The lowest BCUT2D eigenvalue weighted by Gasteiger charge is -2.17. The first-order valence-corrected chi connectivity index (χ1v) is 13.5. The highest BCUT2D eigenvalue weighted by Gasteiger charge is 2.17. The summed E-state index contributed by atoms with van der Waals surface area (Å²) in [7, 11) is 0. The third-order valence-electron chi connectivity index (χ3n) is 4.49. The van der Waals surface area contributed by atoms with E-state index < -0.39 is 0 Å². The summed E-state index contributed by atoms with van der Waals surface area (Å²) in [6, 6.07) is 23.4. The Morgan fingerprint density at radius 2 is 1.19 bits per heavy atom. The van der Waals surface area contributed by atoms with Gasteiger partial charge in [-0.1, -0.05) is 30.3 Å². The third kappa shape index (κ3) is 5.31. The maximum Gasteiger partial charge on any atom is 0.156 e. The van der Waals surface area contributed by atoms with Crippen LogP contribution in [-0.2, 0) is 0 Å². The van der Waals surface area contributed by atoms with Crippen LogP contribution in [0, 0.1) is 0 Å². The highest BCUT2D eigenvalue weighted by Crippen LogP contribution is 2.46. The van der Waals surface area contributed by atoms with E-state index in [1.807, 2.05) is 72.8 Å². The molecule has 4 aromatic carbocycles. The summed E-state index contributed by atoms with van der Waals surface area (Å²) in [5, 5.41) is 2.00. The molecule has 10 heteroatoms. The van der Waals surface area contributed by atoms with Crippen LogP contribution >= 0.6 is 96.4 Å². The molecular formula is C22H12Br6N2O2. The zero-order valence-corrected chi connectivity index (χ0v) is 25.4. The van der Waals surface area contributed by atoms with Gasteiger partial charge >= 0.3 is 0 Å². The van der Waals surface area contributed by atoms with Crippen LogP contribution in [0.5, 0.6) is 23.0 Å². The van der Waals surface area contributed by atoms with E-state index in [0.717, 1.165) is 31.1 Å². The first kappa shape index (κ1) is 24.3. The molecule has 4 nitrogen and oxygen atoms in total. The molecule has 0 unspecified atom stereocenters. The number of anilines is 2. The van der Waals surface area contributed by atoms with Gasteiger partial charge in [0.2, 0.25) is 0 Å². The van der Waals surface area contributed by atoms with Crippen LogP contribution in [0.1, 0.15) is 0 Å². The molecule has 0 atom stereocenters. The highest BCUT2D eigenvalue weighted by molar-refractivity contribution is 9.25. The van der Waals surface area contributed by atoms with E-state index >= 15 is 0 Å². The van der Waals surface area contributed by atoms with Crippen LogP contribution in [0.2, 0.25) is 0 Å². The summed E-state index contributed by atoms with van der Waals surface area (Å²) in [5.74, 6) is 2.75. The molecule has 0 saturated carbocycles. The molecule has 0 fully saturated rings. The number of fused-ring (bicyclic) bond motifs is 1. The van der Waals surface area contributed by atoms with Gasteiger partial charge in [0.15, 0.2) is 17.2 Å². The van der Waals surface area contributed by atoms with Crippen molar-refractivity contribution in [1.29, 1.82) is 0 Å². The number of ether oxygens (including phenoxy) is 2. The monoisotopic (exact) mass is 810 g/mol. The predicted octanol–water partition coefficient (Wildman–Crippen LogP) is 10.8. The quantitative estimate of drug-likeness (QED) is 0.181. The summed E-state index contributed by atoms with van der Waals surface area (Å²) in [5.41, 5.74) is 1.67. The van der Waals surface area contributed by atoms with Crippen molar-refractivity contribution in [3.05, 3.63) is 81.7 Å². The van der Waals surface area contributed by atoms with E-state index in [1.54, 1.807) is 5.90 Å². The number of halogens is 6. The molecule has 4 rings (SSSR count). The molecule has 0 radical (unpaired) electrons. The lowest BCUT2D eigenvalue weighted by atomic mass is 10.1. The fraction of sp³-hybridized carbons (Fsp3) is 0. The Morgan fingerprint density at radius 1 is 0.625 bits per heavy atom. The lowest BCUT2D eigenvalue weighted by molar-refractivity contribution is 0.479. The van der Waals surface area contributed by atoms with E-state index in [-0.39, 0.29) is 0 Å². The van der Waals surface area contributed by atoms with Crippen molar-refractivity contribution >= 4 is 119 Å². The molecule has 0 aliphatic rings. The number of rotatable bonds is 6. The first-order valence-electron chi connectivity index (χ1n) is 9.04.